The van der Waals surface area contributed by atoms with Crippen LogP contribution in [0.3, 0.4) is 0 Å². The Morgan fingerprint density at radius 2 is 2.18 bits per heavy atom. The first kappa shape index (κ1) is 12.4. The van der Waals surface area contributed by atoms with Crippen molar-refractivity contribution in [3.63, 3.8) is 0 Å². The van der Waals surface area contributed by atoms with Crippen molar-refractivity contribution in [3.05, 3.63) is 29.8 Å². The maximum atomic E-state index is 5.96. The van der Waals surface area contributed by atoms with Crippen LogP contribution in [0, 0.1) is 5.92 Å². The quantitative estimate of drug-likeness (QED) is 0.853. The van der Waals surface area contributed by atoms with Gasteiger partial charge in [0.1, 0.15) is 5.75 Å². The SMILES string of the molecule is CC[C@H](N)c1ccc(OCC2CCOC2)cc1. The summed E-state index contributed by atoms with van der Waals surface area (Å²) in [6.07, 6.45) is 2.07. The van der Waals surface area contributed by atoms with Crippen LogP contribution in [-0.2, 0) is 4.74 Å². The van der Waals surface area contributed by atoms with Crippen molar-refractivity contribution < 1.29 is 9.47 Å². The van der Waals surface area contributed by atoms with E-state index in [0.717, 1.165) is 38.4 Å². The smallest absolute Gasteiger partial charge is 0.119 e. The van der Waals surface area contributed by atoms with Gasteiger partial charge in [0.15, 0.2) is 0 Å². The normalized spacial score (nSPS) is 21.4. The number of hydrogen-bond donors (Lipinski definition) is 1. The second kappa shape index (κ2) is 6.03. The van der Waals surface area contributed by atoms with Crippen LogP contribution in [0.15, 0.2) is 24.3 Å². The minimum Gasteiger partial charge on any atom is -0.493 e. The van der Waals surface area contributed by atoms with Gasteiger partial charge >= 0.3 is 0 Å². The summed E-state index contributed by atoms with van der Waals surface area (Å²) in [6.45, 7) is 4.55. The third kappa shape index (κ3) is 3.45. The first-order chi connectivity index (χ1) is 8.29. The minimum absolute atomic E-state index is 0.132. The average molecular weight is 235 g/mol. The Morgan fingerprint density at radius 1 is 1.41 bits per heavy atom. The molecule has 2 N–H and O–H groups in total. The van der Waals surface area contributed by atoms with Gasteiger partial charge in [0.2, 0.25) is 0 Å². The summed E-state index contributed by atoms with van der Waals surface area (Å²) in [5.41, 5.74) is 7.13. The highest BCUT2D eigenvalue weighted by Crippen LogP contribution is 2.20. The van der Waals surface area contributed by atoms with Crippen molar-refractivity contribution in [2.75, 3.05) is 19.8 Å². The van der Waals surface area contributed by atoms with Crippen molar-refractivity contribution in [1.82, 2.24) is 0 Å². The molecule has 0 amide bonds. The first-order valence-electron chi connectivity index (χ1n) is 6.35. The number of nitrogens with two attached hydrogens (primary N) is 1. The summed E-state index contributed by atoms with van der Waals surface area (Å²) in [4.78, 5) is 0. The maximum Gasteiger partial charge on any atom is 0.119 e. The Balaban J connectivity index is 1.84. The van der Waals surface area contributed by atoms with E-state index in [1.165, 1.54) is 5.56 Å². The van der Waals surface area contributed by atoms with Gasteiger partial charge in [0.05, 0.1) is 13.2 Å². The summed E-state index contributed by atoms with van der Waals surface area (Å²) in [5.74, 6) is 1.47. The highest BCUT2D eigenvalue weighted by molar-refractivity contribution is 5.28. The summed E-state index contributed by atoms with van der Waals surface area (Å²) in [6, 6.07) is 8.23. The van der Waals surface area contributed by atoms with Crippen molar-refractivity contribution >= 4 is 0 Å². The fraction of sp³-hybridized carbons (Fsp3) is 0.571. The molecule has 0 radical (unpaired) electrons. The van der Waals surface area contributed by atoms with Gasteiger partial charge in [-0.15, -0.1) is 0 Å². The van der Waals surface area contributed by atoms with Gasteiger partial charge in [0.25, 0.3) is 0 Å². The lowest BCUT2D eigenvalue weighted by molar-refractivity contribution is 0.167. The van der Waals surface area contributed by atoms with Crippen molar-refractivity contribution in [3.8, 4) is 5.75 Å². The number of benzene rings is 1. The molecule has 1 heterocycles. The molecule has 1 aliphatic rings. The van der Waals surface area contributed by atoms with Gasteiger partial charge in [0, 0.05) is 18.6 Å². The van der Waals surface area contributed by atoms with Gasteiger partial charge in [-0.3, -0.25) is 0 Å². The van der Waals surface area contributed by atoms with E-state index < -0.39 is 0 Å². The second-order valence-electron chi connectivity index (χ2n) is 4.62. The summed E-state index contributed by atoms with van der Waals surface area (Å²) in [7, 11) is 0. The topological polar surface area (TPSA) is 44.5 Å². The molecule has 0 aromatic heterocycles. The van der Waals surface area contributed by atoms with Gasteiger partial charge in [-0.1, -0.05) is 19.1 Å². The van der Waals surface area contributed by atoms with Crippen molar-refractivity contribution in [2.45, 2.75) is 25.8 Å². The molecule has 3 nitrogen and oxygen atoms in total. The number of rotatable bonds is 5. The lowest BCUT2D eigenvalue weighted by Gasteiger charge is -2.12. The molecule has 1 aliphatic heterocycles. The van der Waals surface area contributed by atoms with Crippen LogP contribution in [0.25, 0.3) is 0 Å². The van der Waals surface area contributed by atoms with E-state index in [2.05, 4.69) is 19.1 Å². The lowest BCUT2D eigenvalue weighted by Crippen LogP contribution is -2.12. The molecule has 1 saturated heterocycles. The lowest BCUT2D eigenvalue weighted by atomic mass is 10.1. The number of ether oxygens (including phenoxy) is 2. The fourth-order valence-corrected chi connectivity index (χ4v) is 1.98. The van der Waals surface area contributed by atoms with Crippen LogP contribution in [0.1, 0.15) is 31.4 Å². The van der Waals surface area contributed by atoms with Crippen LogP contribution in [0.4, 0.5) is 0 Å². The zero-order chi connectivity index (χ0) is 12.1. The zero-order valence-corrected chi connectivity index (χ0v) is 10.4. The van der Waals surface area contributed by atoms with Gasteiger partial charge in [-0.05, 0) is 30.5 Å². The van der Waals surface area contributed by atoms with E-state index in [0.29, 0.717) is 5.92 Å². The molecule has 0 spiro atoms. The molecule has 3 heteroatoms. The molecular formula is C14H21NO2. The minimum atomic E-state index is 0.132. The molecule has 2 atom stereocenters. The molecule has 1 aromatic carbocycles. The first-order valence-corrected chi connectivity index (χ1v) is 6.35. The summed E-state index contributed by atoms with van der Waals surface area (Å²) < 4.78 is 11.1. The van der Waals surface area contributed by atoms with E-state index >= 15 is 0 Å². The number of hydrogen-bond acceptors (Lipinski definition) is 3. The Labute approximate surface area is 103 Å². The summed E-state index contributed by atoms with van der Waals surface area (Å²) >= 11 is 0. The van der Waals surface area contributed by atoms with E-state index in [-0.39, 0.29) is 6.04 Å². The third-order valence-electron chi connectivity index (χ3n) is 3.26. The standard InChI is InChI=1S/C14H21NO2/c1-2-14(15)12-3-5-13(6-4-12)17-10-11-7-8-16-9-11/h3-6,11,14H,2,7-10,15H2,1H3/t11?,14-/m0/s1. The van der Waals surface area contributed by atoms with E-state index in [1.807, 2.05) is 12.1 Å². The van der Waals surface area contributed by atoms with E-state index in [1.54, 1.807) is 0 Å². The average Bonchev–Trinajstić information content (AvgIpc) is 2.89. The van der Waals surface area contributed by atoms with Crippen LogP contribution in [0.5, 0.6) is 5.75 Å². The predicted molar refractivity (Wildman–Crippen MR) is 68.1 cm³/mol. The molecule has 0 saturated carbocycles. The molecule has 0 aliphatic carbocycles. The van der Waals surface area contributed by atoms with Crippen LogP contribution >= 0.6 is 0 Å². The van der Waals surface area contributed by atoms with Gasteiger partial charge in [-0.25, -0.2) is 0 Å². The monoisotopic (exact) mass is 235 g/mol. The molecule has 1 unspecified atom stereocenters. The van der Waals surface area contributed by atoms with Crippen LogP contribution in [-0.4, -0.2) is 19.8 Å². The Bertz CT molecular complexity index is 331. The Hall–Kier alpha value is -1.06. The third-order valence-corrected chi connectivity index (χ3v) is 3.26. The maximum absolute atomic E-state index is 5.96. The molecular weight excluding hydrogens is 214 g/mol. The van der Waals surface area contributed by atoms with Crippen LogP contribution < -0.4 is 10.5 Å². The molecule has 1 fully saturated rings. The Kier molecular flexibility index (Phi) is 4.40. The van der Waals surface area contributed by atoms with Gasteiger partial charge < -0.3 is 15.2 Å². The molecule has 94 valence electrons. The molecule has 2 rings (SSSR count). The van der Waals surface area contributed by atoms with Crippen molar-refractivity contribution in [2.24, 2.45) is 11.7 Å². The summed E-state index contributed by atoms with van der Waals surface area (Å²) in [5, 5.41) is 0. The van der Waals surface area contributed by atoms with E-state index in [9.17, 15) is 0 Å². The fourth-order valence-electron chi connectivity index (χ4n) is 1.98. The van der Waals surface area contributed by atoms with Crippen molar-refractivity contribution in [1.29, 1.82) is 0 Å². The second-order valence-corrected chi connectivity index (χ2v) is 4.62. The molecule has 17 heavy (non-hydrogen) atoms. The predicted octanol–water partition coefficient (Wildman–Crippen LogP) is 2.51. The van der Waals surface area contributed by atoms with Crippen LogP contribution in [0.2, 0.25) is 0 Å². The van der Waals surface area contributed by atoms with Gasteiger partial charge in [-0.2, -0.15) is 0 Å². The molecule has 1 aromatic rings. The largest absolute Gasteiger partial charge is 0.493 e. The highest BCUT2D eigenvalue weighted by Gasteiger charge is 2.16. The Morgan fingerprint density at radius 3 is 2.76 bits per heavy atom. The zero-order valence-electron chi connectivity index (χ0n) is 10.4. The van der Waals surface area contributed by atoms with E-state index in [4.69, 9.17) is 15.2 Å². The molecule has 0 bridgehead atoms. The highest BCUT2D eigenvalue weighted by atomic mass is 16.5.